The second-order valence-electron chi connectivity index (χ2n) is 6.70. The molecule has 1 aromatic rings. The molecule has 0 bridgehead atoms. The van der Waals surface area contributed by atoms with Crippen molar-refractivity contribution in [2.45, 2.75) is 52.0 Å². The fourth-order valence-corrected chi connectivity index (χ4v) is 3.82. The van der Waals surface area contributed by atoms with Crippen molar-refractivity contribution in [3.8, 4) is 0 Å². The third-order valence-corrected chi connectivity index (χ3v) is 5.12. The number of pyridine rings is 1. The first kappa shape index (κ1) is 14.5. The van der Waals surface area contributed by atoms with Crippen LogP contribution >= 0.6 is 0 Å². The summed E-state index contributed by atoms with van der Waals surface area (Å²) in [5.74, 6) is 0.174. The number of amides is 1. The normalized spacial score (nSPS) is 23.0. The highest BCUT2D eigenvalue weighted by Crippen LogP contribution is 2.45. The number of hydrogen-bond donors (Lipinski definition) is 2. The maximum Gasteiger partial charge on any atom is 0.237 e. The summed E-state index contributed by atoms with van der Waals surface area (Å²) in [6.45, 7) is 5.82. The third-order valence-electron chi connectivity index (χ3n) is 5.12. The van der Waals surface area contributed by atoms with Gasteiger partial charge in [0.2, 0.25) is 5.91 Å². The number of nitrogens with zero attached hydrogens (tertiary/aromatic N) is 1. The number of carbonyl (C=O) groups is 1. The highest BCUT2D eigenvalue weighted by molar-refractivity contribution is 5.84. The van der Waals surface area contributed by atoms with Crippen LogP contribution < -0.4 is 10.6 Å². The molecule has 21 heavy (non-hydrogen) atoms. The number of nitrogens with one attached hydrogen (secondary N) is 2. The van der Waals surface area contributed by atoms with Gasteiger partial charge in [0.25, 0.3) is 0 Å². The van der Waals surface area contributed by atoms with Crippen LogP contribution in [0.1, 0.15) is 42.5 Å². The zero-order chi connectivity index (χ0) is 14.9. The average Bonchev–Trinajstić information content (AvgIpc) is 2.92. The minimum atomic E-state index is 0.0343. The Morgan fingerprint density at radius 1 is 1.43 bits per heavy atom. The molecule has 4 heteroatoms. The van der Waals surface area contributed by atoms with Gasteiger partial charge in [0.1, 0.15) is 0 Å². The molecule has 2 heterocycles. The molecule has 3 rings (SSSR count). The smallest absolute Gasteiger partial charge is 0.237 e. The van der Waals surface area contributed by atoms with E-state index in [0.29, 0.717) is 6.54 Å². The van der Waals surface area contributed by atoms with Gasteiger partial charge in [-0.1, -0.05) is 18.9 Å². The molecule has 1 aliphatic heterocycles. The Morgan fingerprint density at radius 3 is 2.81 bits per heavy atom. The lowest BCUT2D eigenvalue weighted by atomic mass is 9.71. The van der Waals surface area contributed by atoms with Gasteiger partial charge >= 0.3 is 0 Å². The first-order chi connectivity index (χ1) is 10.1. The van der Waals surface area contributed by atoms with Crippen LogP contribution in [0.5, 0.6) is 0 Å². The Bertz CT molecular complexity index is 535. The van der Waals surface area contributed by atoms with E-state index in [2.05, 4.69) is 35.5 Å². The van der Waals surface area contributed by atoms with E-state index in [1.165, 1.54) is 36.8 Å². The molecule has 1 aliphatic carbocycles. The molecule has 114 valence electrons. The Labute approximate surface area is 126 Å². The van der Waals surface area contributed by atoms with Gasteiger partial charge in [-0.15, -0.1) is 0 Å². The van der Waals surface area contributed by atoms with Gasteiger partial charge in [-0.2, -0.15) is 0 Å². The SMILES string of the molecule is Cc1cnc(CCNC(=O)C2NCC23CCCC3)c(C)c1. The van der Waals surface area contributed by atoms with Gasteiger partial charge in [-0.3, -0.25) is 9.78 Å². The molecule has 2 N–H and O–H groups in total. The van der Waals surface area contributed by atoms with Crippen LogP contribution in [-0.4, -0.2) is 30.0 Å². The molecule has 1 saturated carbocycles. The summed E-state index contributed by atoms with van der Waals surface area (Å²) < 4.78 is 0. The molecule has 1 aromatic heterocycles. The van der Waals surface area contributed by atoms with Crippen molar-refractivity contribution in [2.75, 3.05) is 13.1 Å². The number of rotatable bonds is 4. The molecular formula is C17H25N3O. The first-order valence-electron chi connectivity index (χ1n) is 8.04. The molecular weight excluding hydrogens is 262 g/mol. The molecule has 1 atom stereocenters. The van der Waals surface area contributed by atoms with E-state index < -0.39 is 0 Å². The summed E-state index contributed by atoms with van der Waals surface area (Å²) in [7, 11) is 0. The quantitative estimate of drug-likeness (QED) is 0.889. The van der Waals surface area contributed by atoms with Gasteiger partial charge < -0.3 is 10.6 Å². The molecule has 2 aliphatic rings. The van der Waals surface area contributed by atoms with Gasteiger partial charge in [0.05, 0.1) is 6.04 Å². The molecule has 1 amide bonds. The van der Waals surface area contributed by atoms with Crippen LogP contribution in [0, 0.1) is 19.3 Å². The van der Waals surface area contributed by atoms with Crippen LogP contribution in [0.4, 0.5) is 0 Å². The van der Waals surface area contributed by atoms with Crippen LogP contribution in [-0.2, 0) is 11.2 Å². The summed E-state index contributed by atoms with van der Waals surface area (Å²) in [4.78, 5) is 16.8. The van der Waals surface area contributed by atoms with Gasteiger partial charge in [0.15, 0.2) is 0 Å². The van der Waals surface area contributed by atoms with Crippen molar-refractivity contribution in [1.29, 1.82) is 0 Å². The van der Waals surface area contributed by atoms with Crippen molar-refractivity contribution in [3.05, 3.63) is 29.1 Å². The Kier molecular flexibility index (Phi) is 3.98. The van der Waals surface area contributed by atoms with E-state index in [-0.39, 0.29) is 17.4 Å². The zero-order valence-electron chi connectivity index (χ0n) is 13.0. The minimum absolute atomic E-state index is 0.0343. The Hall–Kier alpha value is -1.42. The molecule has 0 aromatic carbocycles. The lowest BCUT2D eigenvalue weighted by Crippen LogP contribution is -2.67. The minimum Gasteiger partial charge on any atom is -0.354 e. The molecule has 4 nitrogen and oxygen atoms in total. The van der Waals surface area contributed by atoms with Crippen LogP contribution in [0.15, 0.2) is 12.3 Å². The highest BCUT2D eigenvalue weighted by atomic mass is 16.2. The number of hydrogen-bond acceptors (Lipinski definition) is 3. The predicted molar refractivity (Wildman–Crippen MR) is 83.1 cm³/mol. The second-order valence-corrected chi connectivity index (χ2v) is 6.70. The van der Waals surface area contributed by atoms with Crippen molar-refractivity contribution in [3.63, 3.8) is 0 Å². The van der Waals surface area contributed by atoms with E-state index in [0.717, 1.165) is 18.7 Å². The highest BCUT2D eigenvalue weighted by Gasteiger charge is 2.51. The van der Waals surface area contributed by atoms with Gasteiger partial charge in [-0.05, 0) is 37.8 Å². The Morgan fingerprint density at radius 2 is 2.19 bits per heavy atom. The topological polar surface area (TPSA) is 54.0 Å². The fourth-order valence-electron chi connectivity index (χ4n) is 3.82. The van der Waals surface area contributed by atoms with E-state index >= 15 is 0 Å². The number of aromatic nitrogens is 1. The summed E-state index contributed by atoms with van der Waals surface area (Å²) in [6.07, 6.45) is 7.66. The maximum absolute atomic E-state index is 12.3. The van der Waals surface area contributed by atoms with Crippen molar-refractivity contribution in [1.82, 2.24) is 15.6 Å². The van der Waals surface area contributed by atoms with E-state index in [1.807, 2.05) is 6.20 Å². The Balaban J connectivity index is 1.50. The fraction of sp³-hybridized carbons (Fsp3) is 0.647. The van der Waals surface area contributed by atoms with Gasteiger partial charge in [0, 0.05) is 36.8 Å². The van der Waals surface area contributed by atoms with Crippen molar-refractivity contribution >= 4 is 5.91 Å². The first-order valence-corrected chi connectivity index (χ1v) is 8.04. The third kappa shape index (κ3) is 2.82. The number of carbonyl (C=O) groups excluding carboxylic acids is 1. The molecule has 1 spiro atoms. The standard InChI is InChI=1S/C17H25N3O/c1-12-9-13(2)14(19-10-12)5-8-18-16(21)15-17(11-20-15)6-3-4-7-17/h9-10,15,20H,3-8,11H2,1-2H3,(H,18,21). The van der Waals surface area contributed by atoms with Crippen molar-refractivity contribution < 1.29 is 4.79 Å². The maximum atomic E-state index is 12.3. The lowest BCUT2D eigenvalue weighted by Gasteiger charge is -2.47. The van der Waals surface area contributed by atoms with E-state index in [9.17, 15) is 4.79 Å². The summed E-state index contributed by atoms with van der Waals surface area (Å²) in [5, 5.41) is 6.40. The van der Waals surface area contributed by atoms with Crippen LogP contribution in [0.3, 0.4) is 0 Å². The average molecular weight is 287 g/mol. The lowest BCUT2D eigenvalue weighted by molar-refractivity contribution is -0.130. The number of aryl methyl sites for hydroxylation is 2. The monoisotopic (exact) mass is 287 g/mol. The largest absolute Gasteiger partial charge is 0.354 e. The van der Waals surface area contributed by atoms with Crippen LogP contribution in [0.2, 0.25) is 0 Å². The van der Waals surface area contributed by atoms with E-state index in [1.54, 1.807) is 0 Å². The van der Waals surface area contributed by atoms with Crippen molar-refractivity contribution in [2.24, 2.45) is 5.41 Å². The molecule has 1 saturated heterocycles. The summed E-state index contributed by atoms with van der Waals surface area (Å²) in [6, 6.07) is 2.18. The molecule has 1 unspecified atom stereocenters. The predicted octanol–water partition coefficient (Wildman–Crippen LogP) is 1.89. The zero-order valence-corrected chi connectivity index (χ0v) is 13.0. The summed E-state index contributed by atoms with van der Waals surface area (Å²) in [5.41, 5.74) is 3.74. The van der Waals surface area contributed by atoms with Crippen LogP contribution in [0.25, 0.3) is 0 Å². The molecule has 2 fully saturated rings. The van der Waals surface area contributed by atoms with Gasteiger partial charge in [-0.25, -0.2) is 0 Å². The summed E-state index contributed by atoms with van der Waals surface area (Å²) >= 11 is 0. The van der Waals surface area contributed by atoms with E-state index in [4.69, 9.17) is 0 Å². The molecule has 0 radical (unpaired) electrons. The second kappa shape index (κ2) is 5.76.